The number of para-hydroxylation sites is 1. The lowest BCUT2D eigenvalue weighted by molar-refractivity contribution is -0.160. The van der Waals surface area contributed by atoms with Crippen LogP contribution in [0.15, 0.2) is 42.7 Å². The number of benzene rings is 1. The van der Waals surface area contributed by atoms with Gasteiger partial charge in [-0.15, -0.1) is 0 Å². The highest BCUT2D eigenvalue weighted by molar-refractivity contribution is 5.76. The van der Waals surface area contributed by atoms with E-state index in [9.17, 15) is 9.90 Å². The lowest BCUT2D eigenvalue weighted by atomic mass is 9.84. The molecule has 0 radical (unpaired) electrons. The van der Waals surface area contributed by atoms with Gasteiger partial charge in [0.1, 0.15) is 0 Å². The number of carbonyl (C=O) groups excluding carboxylic acids is 1. The summed E-state index contributed by atoms with van der Waals surface area (Å²) in [6.45, 7) is 5.36. The van der Waals surface area contributed by atoms with Crippen molar-refractivity contribution in [3.63, 3.8) is 0 Å². The summed E-state index contributed by atoms with van der Waals surface area (Å²) < 4.78 is 6.68. The fourth-order valence-electron chi connectivity index (χ4n) is 2.05. The summed E-state index contributed by atoms with van der Waals surface area (Å²) in [6.07, 6.45) is 2.31. The second kappa shape index (κ2) is 6.10. The third-order valence-corrected chi connectivity index (χ3v) is 3.42. The van der Waals surface area contributed by atoms with Crippen LogP contribution in [0.4, 0.5) is 0 Å². The summed E-state index contributed by atoms with van der Waals surface area (Å²) >= 11 is 0. The SMILES string of the molecule is CCOC(=O)C(C)(C)C(O)c1cnn(-c2ccccc2)c1. The summed E-state index contributed by atoms with van der Waals surface area (Å²) in [4.78, 5) is 11.9. The van der Waals surface area contributed by atoms with Gasteiger partial charge in [-0.1, -0.05) is 18.2 Å². The van der Waals surface area contributed by atoms with E-state index in [2.05, 4.69) is 5.10 Å². The van der Waals surface area contributed by atoms with Crippen LogP contribution in [0.3, 0.4) is 0 Å². The fourth-order valence-corrected chi connectivity index (χ4v) is 2.05. The molecule has 0 spiro atoms. The van der Waals surface area contributed by atoms with Gasteiger partial charge in [-0.05, 0) is 32.9 Å². The van der Waals surface area contributed by atoms with E-state index in [1.54, 1.807) is 37.8 Å². The van der Waals surface area contributed by atoms with Gasteiger partial charge in [0.25, 0.3) is 0 Å². The van der Waals surface area contributed by atoms with Gasteiger partial charge in [0.2, 0.25) is 0 Å². The van der Waals surface area contributed by atoms with Crippen LogP contribution < -0.4 is 0 Å². The Morgan fingerprint density at radius 1 is 1.38 bits per heavy atom. The van der Waals surface area contributed by atoms with Crippen molar-refractivity contribution in [3.05, 3.63) is 48.3 Å². The van der Waals surface area contributed by atoms with Crippen molar-refractivity contribution < 1.29 is 14.6 Å². The molecular weight excluding hydrogens is 268 g/mol. The van der Waals surface area contributed by atoms with Crippen molar-refractivity contribution in [1.82, 2.24) is 9.78 Å². The van der Waals surface area contributed by atoms with Gasteiger partial charge in [-0.3, -0.25) is 4.79 Å². The number of rotatable bonds is 5. The van der Waals surface area contributed by atoms with Crippen molar-refractivity contribution in [2.45, 2.75) is 26.9 Å². The van der Waals surface area contributed by atoms with Crippen molar-refractivity contribution in [1.29, 1.82) is 0 Å². The Balaban J connectivity index is 2.23. The van der Waals surface area contributed by atoms with Gasteiger partial charge < -0.3 is 9.84 Å². The summed E-state index contributed by atoms with van der Waals surface area (Å²) in [5, 5.41) is 14.7. The van der Waals surface area contributed by atoms with Crippen molar-refractivity contribution in [2.75, 3.05) is 6.61 Å². The number of aromatic nitrogens is 2. The van der Waals surface area contributed by atoms with Crippen LogP contribution in [-0.2, 0) is 9.53 Å². The first-order chi connectivity index (χ1) is 9.96. The number of hydrogen-bond acceptors (Lipinski definition) is 4. The number of hydrogen-bond donors (Lipinski definition) is 1. The predicted octanol–water partition coefficient (Wildman–Crippen LogP) is 2.50. The van der Waals surface area contributed by atoms with Gasteiger partial charge in [0.15, 0.2) is 0 Å². The largest absolute Gasteiger partial charge is 0.465 e. The number of esters is 1. The number of carbonyl (C=O) groups is 1. The van der Waals surface area contributed by atoms with E-state index in [0.717, 1.165) is 5.69 Å². The molecule has 21 heavy (non-hydrogen) atoms. The molecule has 1 unspecified atom stereocenters. The van der Waals surface area contributed by atoms with Gasteiger partial charge >= 0.3 is 5.97 Å². The van der Waals surface area contributed by atoms with Crippen molar-refractivity contribution >= 4 is 5.97 Å². The molecule has 0 aliphatic carbocycles. The number of aliphatic hydroxyl groups is 1. The second-order valence-electron chi connectivity index (χ2n) is 5.40. The highest BCUT2D eigenvalue weighted by atomic mass is 16.5. The summed E-state index contributed by atoms with van der Waals surface area (Å²) in [7, 11) is 0. The average Bonchev–Trinajstić information content (AvgIpc) is 2.97. The highest BCUT2D eigenvalue weighted by Crippen LogP contribution is 2.34. The van der Waals surface area contributed by atoms with Crippen molar-refractivity contribution in [2.24, 2.45) is 5.41 Å². The van der Waals surface area contributed by atoms with Gasteiger partial charge in [0, 0.05) is 11.8 Å². The fraction of sp³-hybridized carbons (Fsp3) is 0.375. The minimum absolute atomic E-state index is 0.290. The van der Waals surface area contributed by atoms with E-state index in [1.807, 2.05) is 30.3 Å². The van der Waals surface area contributed by atoms with Gasteiger partial charge in [0.05, 0.1) is 30.0 Å². The molecule has 2 rings (SSSR count). The first-order valence-corrected chi connectivity index (χ1v) is 6.92. The lowest BCUT2D eigenvalue weighted by Crippen LogP contribution is -2.33. The zero-order chi connectivity index (χ0) is 15.5. The summed E-state index contributed by atoms with van der Waals surface area (Å²) in [5.74, 6) is -0.426. The smallest absolute Gasteiger partial charge is 0.314 e. The van der Waals surface area contributed by atoms with E-state index in [4.69, 9.17) is 4.74 Å². The van der Waals surface area contributed by atoms with E-state index >= 15 is 0 Å². The van der Waals surface area contributed by atoms with Crippen LogP contribution in [-0.4, -0.2) is 27.5 Å². The molecular formula is C16H20N2O3. The predicted molar refractivity (Wildman–Crippen MR) is 78.9 cm³/mol. The Morgan fingerprint density at radius 2 is 2.05 bits per heavy atom. The van der Waals surface area contributed by atoms with Gasteiger partial charge in [-0.2, -0.15) is 5.10 Å². The van der Waals surface area contributed by atoms with Crippen LogP contribution in [0.25, 0.3) is 5.69 Å². The van der Waals surface area contributed by atoms with Crippen LogP contribution in [0.2, 0.25) is 0 Å². The molecule has 112 valence electrons. The maximum Gasteiger partial charge on any atom is 0.314 e. The molecule has 1 aromatic carbocycles. The lowest BCUT2D eigenvalue weighted by Gasteiger charge is -2.27. The molecule has 5 nitrogen and oxygen atoms in total. The number of ether oxygens (including phenoxy) is 1. The minimum atomic E-state index is -1.03. The Kier molecular flexibility index (Phi) is 4.43. The zero-order valence-electron chi connectivity index (χ0n) is 12.5. The summed E-state index contributed by atoms with van der Waals surface area (Å²) in [6, 6.07) is 9.58. The Bertz CT molecular complexity index is 605. The molecule has 1 N–H and O–H groups in total. The molecule has 0 fully saturated rings. The van der Waals surface area contributed by atoms with E-state index in [0.29, 0.717) is 5.56 Å². The zero-order valence-corrected chi connectivity index (χ0v) is 12.5. The second-order valence-corrected chi connectivity index (χ2v) is 5.40. The standard InChI is InChI=1S/C16H20N2O3/c1-4-21-15(20)16(2,3)14(19)12-10-17-18(11-12)13-8-6-5-7-9-13/h5-11,14,19H,4H2,1-3H3. The molecule has 5 heteroatoms. The van der Waals surface area contributed by atoms with Crippen LogP contribution in [0, 0.1) is 5.41 Å². The Labute approximate surface area is 124 Å². The first kappa shape index (κ1) is 15.3. The third-order valence-electron chi connectivity index (χ3n) is 3.42. The molecule has 0 amide bonds. The van der Waals surface area contributed by atoms with E-state index < -0.39 is 17.5 Å². The maximum atomic E-state index is 11.9. The summed E-state index contributed by atoms with van der Waals surface area (Å²) in [5.41, 5.74) is 0.447. The topological polar surface area (TPSA) is 64.3 Å². The molecule has 0 aliphatic heterocycles. The third kappa shape index (κ3) is 3.13. The van der Waals surface area contributed by atoms with Gasteiger partial charge in [-0.25, -0.2) is 4.68 Å². The van der Waals surface area contributed by atoms with Crippen LogP contribution in [0.5, 0.6) is 0 Å². The molecule has 0 saturated heterocycles. The minimum Gasteiger partial charge on any atom is -0.465 e. The molecule has 1 aromatic heterocycles. The highest BCUT2D eigenvalue weighted by Gasteiger charge is 2.38. The number of nitrogens with zero attached hydrogens (tertiary/aromatic N) is 2. The molecule has 2 aromatic rings. The van der Waals surface area contributed by atoms with Crippen LogP contribution in [0.1, 0.15) is 32.4 Å². The molecule has 0 bridgehead atoms. The molecule has 0 aliphatic rings. The molecule has 0 saturated carbocycles. The molecule has 1 heterocycles. The quantitative estimate of drug-likeness (QED) is 0.859. The van der Waals surface area contributed by atoms with Crippen molar-refractivity contribution in [3.8, 4) is 5.69 Å². The van der Waals surface area contributed by atoms with E-state index in [-0.39, 0.29) is 6.61 Å². The first-order valence-electron chi connectivity index (χ1n) is 6.92. The van der Waals surface area contributed by atoms with E-state index in [1.165, 1.54) is 0 Å². The Morgan fingerprint density at radius 3 is 2.67 bits per heavy atom. The normalized spacial score (nSPS) is 13.0. The Hall–Kier alpha value is -2.14. The average molecular weight is 288 g/mol. The van der Waals surface area contributed by atoms with Crippen LogP contribution >= 0.6 is 0 Å². The molecule has 1 atom stereocenters. The monoisotopic (exact) mass is 288 g/mol. The number of aliphatic hydroxyl groups excluding tert-OH is 1. The maximum absolute atomic E-state index is 11.9.